The van der Waals surface area contributed by atoms with Gasteiger partial charge in [0.15, 0.2) is 0 Å². The lowest BCUT2D eigenvalue weighted by molar-refractivity contribution is -0.147. The van der Waals surface area contributed by atoms with Crippen molar-refractivity contribution in [2.75, 3.05) is 39.9 Å². The van der Waals surface area contributed by atoms with Crippen molar-refractivity contribution < 1.29 is 36.7 Å². The summed E-state index contributed by atoms with van der Waals surface area (Å²) < 4.78 is 41.6. The number of carbonyl (C=O) groups excluding carboxylic acids is 3. The number of sulfonamides is 1. The molecular formula is C20H30N2O8S. The number of hydrogen-bond acceptors (Lipinski definition) is 8. The van der Waals surface area contributed by atoms with Crippen molar-refractivity contribution >= 4 is 27.9 Å². The molecule has 2 rings (SSSR count). The Balaban J connectivity index is 2.00. The van der Waals surface area contributed by atoms with Gasteiger partial charge in [0.2, 0.25) is 16.8 Å². The van der Waals surface area contributed by atoms with Gasteiger partial charge in [0.05, 0.1) is 19.6 Å². The molecule has 1 atom stereocenters. The van der Waals surface area contributed by atoms with Crippen LogP contribution in [-0.2, 0) is 29.1 Å². The molecule has 0 aromatic carbocycles. The van der Waals surface area contributed by atoms with E-state index in [1.54, 1.807) is 18.7 Å². The second kappa shape index (κ2) is 10.8. The molecule has 0 bridgehead atoms. The number of amides is 1. The summed E-state index contributed by atoms with van der Waals surface area (Å²) in [5.74, 6) is -2.16. The van der Waals surface area contributed by atoms with Gasteiger partial charge in [-0.25, -0.2) is 13.2 Å². The highest BCUT2D eigenvalue weighted by Gasteiger charge is 2.36. The van der Waals surface area contributed by atoms with Crippen LogP contribution in [0.1, 0.15) is 44.2 Å². The van der Waals surface area contributed by atoms with E-state index in [4.69, 9.17) is 13.9 Å². The topological polar surface area (TPSA) is 123 Å². The van der Waals surface area contributed by atoms with Gasteiger partial charge in [0.1, 0.15) is 0 Å². The molecule has 1 unspecified atom stereocenters. The average molecular weight is 459 g/mol. The smallest absolute Gasteiger partial charge is 0.374 e. The Morgan fingerprint density at radius 3 is 2.42 bits per heavy atom. The highest BCUT2D eigenvalue weighted by Crippen LogP contribution is 2.26. The van der Waals surface area contributed by atoms with Crippen LogP contribution < -0.4 is 0 Å². The van der Waals surface area contributed by atoms with Crippen LogP contribution in [0.25, 0.3) is 0 Å². The molecule has 1 aromatic rings. The van der Waals surface area contributed by atoms with E-state index in [2.05, 4.69) is 0 Å². The number of nitrogens with zero attached hydrogens (tertiary/aromatic N) is 2. The molecule has 1 saturated heterocycles. The summed E-state index contributed by atoms with van der Waals surface area (Å²) in [7, 11) is -2.62. The maximum Gasteiger partial charge on any atom is 0.374 e. The number of rotatable bonds is 9. The van der Waals surface area contributed by atoms with Crippen LogP contribution in [0, 0.1) is 11.8 Å². The van der Waals surface area contributed by atoms with Crippen LogP contribution in [0.3, 0.4) is 0 Å². The summed E-state index contributed by atoms with van der Waals surface area (Å²) in [5, 5.41) is -0.331. The van der Waals surface area contributed by atoms with E-state index in [1.165, 1.54) is 23.5 Å². The number of piperidine rings is 1. The van der Waals surface area contributed by atoms with Crippen LogP contribution in [0.4, 0.5) is 0 Å². The molecule has 174 valence electrons. The molecule has 0 aliphatic carbocycles. The van der Waals surface area contributed by atoms with Crippen molar-refractivity contribution in [1.29, 1.82) is 0 Å². The third-order valence-corrected chi connectivity index (χ3v) is 7.02. The van der Waals surface area contributed by atoms with Gasteiger partial charge in [0, 0.05) is 32.1 Å². The van der Waals surface area contributed by atoms with Crippen molar-refractivity contribution in [2.24, 2.45) is 11.8 Å². The molecule has 11 heteroatoms. The van der Waals surface area contributed by atoms with E-state index in [1.807, 2.05) is 6.92 Å². The Labute approximate surface area is 182 Å². The number of carbonyl (C=O) groups is 3. The highest BCUT2D eigenvalue weighted by atomic mass is 32.2. The van der Waals surface area contributed by atoms with Crippen LogP contribution >= 0.6 is 0 Å². The van der Waals surface area contributed by atoms with Crippen molar-refractivity contribution in [2.45, 2.75) is 38.7 Å². The SMILES string of the molecule is CCOC(=O)c1ccc(S(=O)(=O)N2CCC(C(=O)N(CC)CC(C)C(=O)OC)CC2)o1. The lowest BCUT2D eigenvalue weighted by atomic mass is 9.96. The third-order valence-electron chi connectivity index (χ3n) is 5.25. The van der Waals surface area contributed by atoms with E-state index in [9.17, 15) is 22.8 Å². The Bertz CT molecular complexity index is 887. The lowest BCUT2D eigenvalue weighted by Gasteiger charge is -2.33. The normalized spacial score (nSPS) is 16.5. The number of ether oxygens (including phenoxy) is 2. The standard InChI is InChI=1S/C20H30N2O8S/c1-5-21(13-14(3)19(24)28-4)18(23)15-9-11-22(12-10-15)31(26,27)17-8-7-16(30-17)20(25)29-6-2/h7-8,14-15H,5-6,9-13H2,1-4H3. The van der Waals surface area contributed by atoms with E-state index in [0.717, 1.165) is 0 Å². The van der Waals surface area contributed by atoms with Crippen molar-refractivity contribution in [1.82, 2.24) is 9.21 Å². The molecule has 10 nitrogen and oxygen atoms in total. The maximum atomic E-state index is 12.9. The van der Waals surface area contributed by atoms with E-state index in [-0.39, 0.29) is 54.9 Å². The predicted molar refractivity (Wildman–Crippen MR) is 110 cm³/mol. The molecule has 0 saturated carbocycles. The molecular weight excluding hydrogens is 428 g/mol. The first-order chi connectivity index (χ1) is 14.6. The Morgan fingerprint density at radius 1 is 1.23 bits per heavy atom. The summed E-state index contributed by atoms with van der Waals surface area (Å²) in [6.45, 7) is 6.32. The lowest BCUT2D eigenvalue weighted by Crippen LogP contribution is -2.45. The minimum atomic E-state index is -3.93. The zero-order valence-electron chi connectivity index (χ0n) is 18.3. The van der Waals surface area contributed by atoms with E-state index in [0.29, 0.717) is 19.4 Å². The summed E-state index contributed by atoms with van der Waals surface area (Å²) >= 11 is 0. The fraction of sp³-hybridized carbons (Fsp3) is 0.650. The van der Waals surface area contributed by atoms with Gasteiger partial charge in [-0.2, -0.15) is 4.31 Å². The third kappa shape index (κ3) is 5.85. The zero-order valence-corrected chi connectivity index (χ0v) is 19.1. The van der Waals surface area contributed by atoms with Gasteiger partial charge in [-0.15, -0.1) is 0 Å². The summed E-state index contributed by atoms with van der Waals surface area (Å²) in [6.07, 6.45) is 0.708. The van der Waals surface area contributed by atoms with Crippen LogP contribution in [-0.4, -0.2) is 75.4 Å². The van der Waals surface area contributed by atoms with E-state index >= 15 is 0 Å². The monoisotopic (exact) mass is 458 g/mol. The predicted octanol–water partition coefficient (Wildman–Crippen LogP) is 1.51. The maximum absolute atomic E-state index is 12.9. The first kappa shape index (κ1) is 24.9. The summed E-state index contributed by atoms with van der Waals surface area (Å²) in [5.41, 5.74) is 0. The second-order valence-corrected chi connectivity index (χ2v) is 9.19. The molecule has 0 spiro atoms. The summed E-state index contributed by atoms with van der Waals surface area (Å²) in [6, 6.07) is 2.49. The summed E-state index contributed by atoms with van der Waals surface area (Å²) in [4.78, 5) is 37.9. The second-order valence-electron chi connectivity index (χ2n) is 7.32. The Kier molecular flexibility index (Phi) is 8.63. The van der Waals surface area contributed by atoms with Crippen molar-refractivity contribution in [3.8, 4) is 0 Å². The first-order valence-corrected chi connectivity index (χ1v) is 11.7. The van der Waals surface area contributed by atoms with Gasteiger partial charge in [-0.05, 0) is 38.8 Å². The van der Waals surface area contributed by atoms with E-state index < -0.39 is 21.9 Å². The van der Waals surface area contributed by atoms with Crippen molar-refractivity contribution in [3.63, 3.8) is 0 Å². The minimum absolute atomic E-state index is 0.0992. The number of furan rings is 1. The fourth-order valence-electron chi connectivity index (χ4n) is 3.48. The molecule has 31 heavy (non-hydrogen) atoms. The average Bonchev–Trinajstić information content (AvgIpc) is 3.28. The molecule has 1 fully saturated rings. The van der Waals surface area contributed by atoms with Gasteiger partial charge >= 0.3 is 11.9 Å². The molecule has 1 aliphatic heterocycles. The van der Waals surface area contributed by atoms with Gasteiger partial charge in [0.25, 0.3) is 10.0 Å². The largest absolute Gasteiger partial charge is 0.469 e. The molecule has 1 aliphatic rings. The zero-order chi connectivity index (χ0) is 23.2. The van der Waals surface area contributed by atoms with Gasteiger partial charge < -0.3 is 18.8 Å². The van der Waals surface area contributed by atoms with Gasteiger partial charge in [-0.3, -0.25) is 9.59 Å². The number of hydrogen-bond donors (Lipinski definition) is 0. The van der Waals surface area contributed by atoms with Crippen LogP contribution in [0.5, 0.6) is 0 Å². The number of esters is 2. The highest BCUT2D eigenvalue weighted by molar-refractivity contribution is 7.89. The fourth-order valence-corrected chi connectivity index (χ4v) is 4.86. The Morgan fingerprint density at radius 2 is 1.87 bits per heavy atom. The van der Waals surface area contributed by atoms with Gasteiger partial charge in [-0.1, -0.05) is 6.92 Å². The molecule has 1 amide bonds. The minimum Gasteiger partial charge on any atom is -0.469 e. The quantitative estimate of drug-likeness (QED) is 0.510. The number of methoxy groups -OCH3 is 1. The molecule has 0 N–H and O–H groups in total. The van der Waals surface area contributed by atoms with Crippen molar-refractivity contribution in [3.05, 3.63) is 17.9 Å². The van der Waals surface area contributed by atoms with Crippen LogP contribution in [0.15, 0.2) is 21.6 Å². The first-order valence-electron chi connectivity index (χ1n) is 10.3. The molecule has 2 heterocycles. The molecule has 0 radical (unpaired) electrons. The Hall–Kier alpha value is -2.40. The van der Waals surface area contributed by atoms with Crippen LogP contribution in [0.2, 0.25) is 0 Å². The molecule has 1 aromatic heterocycles.